The number of nitrogens with zero attached hydrogens (tertiary/aromatic N) is 5. The first kappa shape index (κ1) is 16.5. The molecule has 0 radical (unpaired) electrons. The molecule has 1 aliphatic rings. The second kappa shape index (κ2) is 6.29. The fraction of sp³-hybridized carbons (Fsp3) is 0.533. The molecule has 3 heterocycles. The van der Waals surface area contributed by atoms with E-state index in [2.05, 4.69) is 10.2 Å². The maximum atomic E-state index is 12.6. The summed E-state index contributed by atoms with van der Waals surface area (Å²) in [5.41, 5.74) is 0.0578. The zero-order valence-electron chi connectivity index (χ0n) is 13.2. The second-order valence-corrected chi connectivity index (χ2v) is 6.02. The monoisotopic (exact) mass is 341 g/mol. The van der Waals surface area contributed by atoms with Crippen LogP contribution >= 0.6 is 0 Å². The van der Waals surface area contributed by atoms with E-state index < -0.39 is 11.9 Å². The lowest BCUT2D eigenvalue weighted by Crippen LogP contribution is -2.40. The average molecular weight is 341 g/mol. The summed E-state index contributed by atoms with van der Waals surface area (Å²) in [7, 11) is 0. The second-order valence-electron chi connectivity index (χ2n) is 6.02. The SMILES string of the molecule is Cc1cnn(CC2CCCN2C(=O)Cn2ccc(C(F)(F)F)n2)c1. The zero-order valence-corrected chi connectivity index (χ0v) is 13.2. The maximum absolute atomic E-state index is 12.6. The topological polar surface area (TPSA) is 56.0 Å². The van der Waals surface area contributed by atoms with Crippen LogP contribution < -0.4 is 0 Å². The van der Waals surface area contributed by atoms with E-state index >= 15 is 0 Å². The van der Waals surface area contributed by atoms with Crippen LogP contribution in [0, 0.1) is 6.92 Å². The molecule has 1 saturated heterocycles. The number of hydrogen-bond acceptors (Lipinski definition) is 3. The number of alkyl halides is 3. The number of aromatic nitrogens is 4. The molecule has 0 N–H and O–H groups in total. The molecule has 0 bridgehead atoms. The molecule has 0 saturated carbocycles. The highest BCUT2D eigenvalue weighted by molar-refractivity contribution is 5.76. The van der Waals surface area contributed by atoms with Crippen LogP contribution in [0.5, 0.6) is 0 Å². The standard InChI is InChI=1S/C15H18F3N5O/c1-11-7-19-22(8-11)9-12-3-2-5-23(12)14(24)10-21-6-4-13(20-21)15(16,17)18/h4,6-8,12H,2-3,5,9-10H2,1H3. The molecule has 130 valence electrons. The molecule has 2 aromatic rings. The molecule has 6 nitrogen and oxygen atoms in total. The van der Waals surface area contributed by atoms with Crippen molar-refractivity contribution in [2.45, 2.75) is 45.1 Å². The van der Waals surface area contributed by atoms with Crippen molar-refractivity contribution in [2.75, 3.05) is 6.54 Å². The van der Waals surface area contributed by atoms with Gasteiger partial charge in [-0.05, 0) is 31.4 Å². The van der Waals surface area contributed by atoms with E-state index in [0.717, 1.165) is 29.2 Å². The lowest BCUT2D eigenvalue weighted by atomic mass is 10.2. The number of likely N-dealkylation sites (tertiary alicyclic amines) is 1. The third kappa shape index (κ3) is 3.60. The predicted octanol–water partition coefficient (Wildman–Crippen LogP) is 2.10. The van der Waals surface area contributed by atoms with Crippen LogP contribution in [0.15, 0.2) is 24.7 Å². The molecule has 9 heteroatoms. The van der Waals surface area contributed by atoms with Crippen molar-refractivity contribution in [3.63, 3.8) is 0 Å². The number of rotatable bonds is 4. The maximum Gasteiger partial charge on any atom is 0.435 e. The van der Waals surface area contributed by atoms with Crippen molar-refractivity contribution in [3.05, 3.63) is 35.9 Å². The van der Waals surface area contributed by atoms with Gasteiger partial charge in [0.1, 0.15) is 6.54 Å². The number of carbonyl (C=O) groups is 1. The molecular weight excluding hydrogens is 323 g/mol. The van der Waals surface area contributed by atoms with Crippen molar-refractivity contribution >= 4 is 5.91 Å². The Hall–Kier alpha value is -2.32. The first-order valence-corrected chi connectivity index (χ1v) is 7.72. The van der Waals surface area contributed by atoms with Crippen molar-refractivity contribution in [2.24, 2.45) is 0 Å². The van der Waals surface area contributed by atoms with Crippen LogP contribution in [0.3, 0.4) is 0 Å². The molecule has 0 aromatic carbocycles. The van der Waals surface area contributed by atoms with Gasteiger partial charge in [0.2, 0.25) is 5.91 Å². The van der Waals surface area contributed by atoms with E-state index in [1.54, 1.807) is 15.8 Å². The molecule has 1 amide bonds. The van der Waals surface area contributed by atoms with Gasteiger partial charge in [0.05, 0.1) is 18.8 Å². The van der Waals surface area contributed by atoms with Crippen LogP contribution in [0.25, 0.3) is 0 Å². The fourth-order valence-corrected chi connectivity index (χ4v) is 2.97. The molecular formula is C15H18F3N5O. The normalized spacial score (nSPS) is 18.3. The quantitative estimate of drug-likeness (QED) is 0.856. The highest BCUT2D eigenvalue weighted by atomic mass is 19.4. The Labute approximate surface area is 136 Å². The third-order valence-electron chi connectivity index (χ3n) is 4.09. The highest BCUT2D eigenvalue weighted by Gasteiger charge is 2.34. The third-order valence-corrected chi connectivity index (χ3v) is 4.09. The Kier molecular flexibility index (Phi) is 4.33. The number of hydrogen-bond donors (Lipinski definition) is 0. The summed E-state index contributed by atoms with van der Waals surface area (Å²) in [4.78, 5) is 14.1. The molecule has 3 rings (SSSR count). The summed E-state index contributed by atoms with van der Waals surface area (Å²) in [6.07, 6.45) is 2.08. The van der Waals surface area contributed by atoms with Crippen molar-refractivity contribution in [3.8, 4) is 0 Å². The van der Waals surface area contributed by atoms with Gasteiger partial charge in [-0.25, -0.2) is 0 Å². The van der Waals surface area contributed by atoms with Crippen molar-refractivity contribution in [1.82, 2.24) is 24.5 Å². The van der Waals surface area contributed by atoms with E-state index in [-0.39, 0.29) is 18.5 Å². The van der Waals surface area contributed by atoms with Gasteiger partial charge in [-0.3, -0.25) is 14.2 Å². The fourth-order valence-electron chi connectivity index (χ4n) is 2.97. The van der Waals surface area contributed by atoms with Crippen LogP contribution in [0.1, 0.15) is 24.1 Å². The minimum absolute atomic E-state index is 0.00875. The summed E-state index contributed by atoms with van der Waals surface area (Å²) in [6, 6.07) is 0.885. The average Bonchev–Trinajstić information content (AvgIpc) is 3.19. The number of halogens is 3. The minimum Gasteiger partial charge on any atom is -0.336 e. The van der Waals surface area contributed by atoms with E-state index in [1.165, 1.54) is 6.20 Å². The Morgan fingerprint density at radius 2 is 2.17 bits per heavy atom. The number of carbonyl (C=O) groups excluding carboxylic acids is 1. The summed E-state index contributed by atoms with van der Waals surface area (Å²) < 4.78 is 40.5. The Morgan fingerprint density at radius 3 is 2.79 bits per heavy atom. The Morgan fingerprint density at radius 1 is 1.38 bits per heavy atom. The largest absolute Gasteiger partial charge is 0.435 e. The van der Waals surface area contributed by atoms with E-state index in [4.69, 9.17) is 0 Å². The smallest absolute Gasteiger partial charge is 0.336 e. The van der Waals surface area contributed by atoms with Gasteiger partial charge in [-0.1, -0.05) is 0 Å². The molecule has 1 atom stereocenters. The van der Waals surface area contributed by atoms with Gasteiger partial charge in [0, 0.05) is 18.9 Å². The first-order valence-electron chi connectivity index (χ1n) is 7.72. The molecule has 0 aliphatic carbocycles. The Balaban J connectivity index is 1.64. The van der Waals surface area contributed by atoms with E-state index in [0.29, 0.717) is 13.1 Å². The number of amides is 1. The Bertz CT molecular complexity index is 721. The van der Waals surface area contributed by atoms with Gasteiger partial charge in [0.15, 0.2) is 5.69 Å². The molecule has 1 unspecified atom stereocenters. The van der Waals surface area contributed by atoms with Gasteiger partial charge >= 0.3 is 6.18 Å². The summed E-state index contributed by atoms with van der Waals surface area (Å²) in [5, 5.41) is 7.66. The highest BCUT2D eigenvalue weighted by Crippen LogP contribution is 2.27. The molecule has 1 aliphatic heterocycles. The van der Waals surface area contributed by atoms with Crippen LogP contribution in [-0.2, 0) is 24.1 Å². The predicted molar refractivity (Wildman–Crippen MR) is 78.9 cm³/mol. The zero-order chi connectivity index (χ0) is 17.3. The van der Waals surface area contributed by atoms with Crippen LogP contribution in [0.4, 0.5) is 13.2 Å². The minimum atomic E-state index is -4.50. The van der Waals surface area contributed by atoms with Gasteiger partial charge in [-0.2, -0.15) is 23.4 Å². The van der Waals surface area contributed by atoms with Crippen molar-refractivity contribution < 1.29 is 18.0 Å². The summed E-state index contributed by atoms with van der Waals surface area (Å²) >= 11 is 0. The first-order chi connectivity index (χ1) is 11.3. The van der Waals surface area contributed by atoms with Gasteiger partial charge < -0.3 is 4.90 Å². The number of aryl methyl sites for hydroxylation is 1. The molecule has 0 spiro atoms. The van der Waals surface area contributed by atoms with E-state index in [1.807, 2.05) is 13.1 Å². The summed E-state index contributed by atoms with van der Waals surface area (Å²) in [6.45, 7) is 2.95. The van der Waals surface area contributed by atoms with Crippen LogP contribution in [0.2, 0.25) is 0 Å². The summed E-state index contributed by atoms with van der Waals surface area (Å²) in [5.74, 6) is -0.224. The lowest BCUT2D eigenvalue weighted by molar-refractivity contribution is -0.142. The van der Waals surface area contributed by atoms with E-state index in [9.17, 15) is 18.0 Å². The lowest BCUT2D eigenvalue weighted by Gasteiger charge is -2.24. The molecule has 2 aromatic heterocycles. The molecule has 24 heavy (non-hydrogen) atoms. The van der Waals surface area contributed by atoms with Crippen molar-refractivity contribution in [1.29, 1.82) is 0 Å². The van der Waals surface area contributed by atoms with Gasteiger partial charge in [-0.15, -0.1) is 0 Å². The van der Waals surface area contributed by atoms with Gasteiger partial charge in [0.25, 0.3) is 0 Å². The molecule has 1 fully saturated rings. The van der Waals surface area contributed by atoms with Crippen LogP contribution in [-0.4, -0.2) is 43.0 Å².